The van der Waals surface area contributed by atoms with E-state index >= 15 is 0 Å². The van der Waals surface area contributed by atoms with Crippen LogP contribution in [0.3, 0.4) is 0 Å². The van der Waals surface area contributed by atoms with Crippen LogP contribution in [-0.2, 0) is 16.2 Å². The second-order valence-corrected chi connectivity index (χ2v) is 10.9. The molecule has 0 aliphatic rings. The molecule has 0 aromatic heterocycles. The Hall–Kier alpha value is -2.53. The normalized spacial score (nSPS) is 12.0. The molecule has 0 radical (unpaired) electrons. The van der Waals surface area contributed by atoms with Crippen molar-refractivity contribution in [3.8, 4) is 11.5 Å². The lowest BCUT2D eigenvalue weighted by Crippen LogP contribution is -2.30. The fraction of sp³-hybridized carbons (Fsp3) is 0.500. The van der Waals surface area contributed by atoms with Crippen LogP contribution in [-0.4, -0.2) is 18.1 Å². The Morgan fingerprint density at radius 1 is 0.839 bits per heavy atom. The average molecular weight is 429 g/mol. The van der Waals surface area contributed by atoms with Crippen LogP contribution in [0.25, 0.3) is 0 Å². The molecule has 0 unspecified atom stereocenters. The Kier molecular flexibility index (Phi) is 8.32. The van der Waals surface area contributed by atoms with Gasteiger partial charge >= 0.3 is 0 Å². The lowest BCUT2D eigenvalue weighted by molar-refractivity contribution is 0.0953. The number of benzene rings is 2. The molecule has 5 nitrogen and oxygen atoms in total. The molecule has 2 rings (SSSR count). The molecule has 0 fully saturated rings. The molecule has 4 N–H and O–H groups in total. The summed E-state index contributed by atoms with van der Waals surface area (Å²) in [5.74, 6) is 5.97. The van der Waals surface area contributed by atoms with E-state index in [1.54, 1.807) is 19.2 Å². The van der Waals surface area contributed by atoms with Gasteiger partial charge in [0.2, 0.25) is 0 Å². The van der Waals surface area contributed by atoms with Crippen molar-refractivity contribution in [3.05, 3.63) is 58.7 Å². The molecule has 0 aliphatic heterocycles. The summed E-state index contributed by atoms with van der Waals surface area (Å²) in [5.41, 5.74) is 5.66. The standard InChI is InChI=1S/C15H24O2.C11H16N2O/c1-14(2,3)11-8-10(17-7)9-12(13(11)16)15(4,5)6;1-11(2,3)9-6-4-8(5-7-9)10(14)13-12/h8-9,16H,1-7H3;4-7H,12H2,1-3H3,(H,13,14). The highest BCUT2D eigenvalue weighted by atomic mass is 16.5. The molecule has 0 heterocycles. The van der Waals surface area contributed by atoms with Gasteiger partial charge in [-0.05, 0) is 46.1 Å². The highest BCUT2D eigenvalue weighted by molar-refractivity contribution is 5.93. The number of aromatic hydroxyl groups is 1. The van der Waals surface area contributed by atoms with Crippen molar-refractivity contribution < 1.29 is 14.6 Å². The number of rotatable bonds is 2. The number of ether oxygens (including phenoxy) is 1. The van der Waals surface area contributed by atoms with E-state index in [9.17, 15) is 9.90 Å². The number of carbonyl (C=O) groups is 1. The maximum absolute atomic E-state index is 11.1. The molecule has 0 atom stereocenters. The molecule has 0 bridgehead atoms. The predicted octanol–water partition coefficient (Wildman–Crippen LogP) is 5.58. The molecule has 1 amide bonds. The second-order valence-electron chi connectivity index (χ2n) is 10.9. The van der Waals surface area contributed by atoms with Gasteiger partial charge in [-0.1, -0.05) is 74.4 Å². The number of nitrogens with one attached hydrogen (secondary N) is 1. The van der Waals surface area contributed by atoms with Crippen molar-refractivity contribution in [2.75, 3.05) is 7.11 Å². The van der Waals surface area contributed by atoms with Gasteiger partial charge in [0.05, 0.1) is 7.11 Å². The molecule has 31 heavy (non-hydrogen) atoms. The van der Waals surface area contributed by atoms with Crippen LogP contribution >= 0.6 is 0 Å². The predicted molar refractivity (Wildman–Crippen MR) is 129 cm³/mol. The zero-order chi connectivity index (χ0) is 24.2. The van der Waals surface area contributed by atoms with Crippen molar-refractivity contribution in [2.45, 2.75) is 78.6 Å². The summed E-state index contributed by atoms with van der Waals surface area (Å²) in [5, 5.41) is 10.4. The summed E-state index contributed by atoms with van der Waals surface area (Å²) < 4.78 is 5.33. The minimum absolute atomic E-state index is 0.0986. The number of nitrogens with two attached hydrogens (primary N) is 1. The monoisotopic (exact) mass is 428 g/mol. The quantitative estimate of drug-likeness (QED) is 0.331. The average Bonchev–Trinajstić information content (AvgIpc) is 2.65. The minimum Gasteiger partial charge on any atom is -0.507 e. The molecular weight excluding hydrogens is 388 g/mol. The topological polar surface area (TPSA) is 84.6 Å². The number of hydrogen-bond donors (Lipinski definition) is 3. The SMILES string of the molecule is CC(C)(C)c1ccc(C(=O)NN)cc1.COc1cc(C(C)(C)C)c(O)c(C(C)(C)C)c1. The van der Waals surface area contributed by atoms with Gasteiger partial charge in [-0.25, -0.2) is 5.84 Å². The van der Waals surface area contributed by atoms with Gasteiger partial charge in [-0.2, -0.15) is 0 Å². The highest BCUT2D eigenvalue weighted by Crippen LogP contribution is 2.41. The van der Waals surface area contributed by atoms with Crippen LogP contribution in [0.4, 0.5) is 0 Å². The highest BCUT2D eigenvalue weighted by Gasteiger charge is 2.26. The molecule has 2 aromatic rings. The van der Waals surface area contributed by atoms with E-state index in [-0.39, 0.29) is 22.2 Å². The zero-order valence-electron chi connectivity index (χ0n) is 20.8. The van der Waals surface area contributed by atoms with E-state index in [0.29, 0.717) is 11.3 Å². The van der Waals surface area contributed by atoms with Gasteiger partial charge in [0.15, 0.2) is 0 Å². The third-order valence-corrected chi connectivity index (χ3v) is 5.08. The lowest BCUT2D eigenvalue weighted by atomic mass is 9.79. The van der Waals surface area contributed by atoms with E-state index in [2.05, 4.69) is 67.7 Å². The van der Waals surface area contributed by atoms with E-state index in [4.69, 9.17) is 10.6 Å². The number of phenols is 1. The summed E-state index contributed by atoms with van der Waals surface area (Å²) in [6.07, 6.45) is 0. The van der Waals surface area contributed by atoms with Crippen molar-refractivity contribution in [3.63, 3.8) is 0 Å². The summed E-state index contributed by atoms with van der Waals surface area (Å²) in [4.78, 5) is 11.1. The Morgan fingerprint density at radius 2 is 1.26 bits per heavy atom. The molecule has 2 aromatic carbocycles. The number of nitrogen functional groups attached to an aromatic ring is 1. The molecule has 172 valence electrons. The van der Waals surface area contributed by atoms with Crippen molar-refractivity contribution in [2.24, 2.45) is 5.84 Å². The molecule has 0 spiro atoms. The van der Waals surface area contributed by atoms with E-state index < -0.39 is 0 Å². The smallest absolute Gasteiger partial charge is 0.265 e. The van der Waals surface area contributed by atoms with Gasteiger partial charge in [0.1, 0.15) is 11.5 Å². The van der Waals surface area contributed by atoms with Crippen LogP contribution in [0, 0.1) is 0 Å². The number of phenolic OH excluding ortho intramolecular Hbond substituents is 1. The summed E-state index contributed by atoms with van der Waals surface area (Å²) in [6.45, 7) is 18.9. The van der Waals surface area contributed by atoms with E-state index in [1.165, 1.54) is 5.56 Å². The van der Waals surface area contributed by atoms with Gasteiger partial charge in [-0.3, -0.25) is 10.2 Å². The van der Waals surface area contributed by atoms with Crippen molar-refractivity contribution in [1.82, 2.24) is 5.43 Å². The molecule has 0 aliphatic carbocycles. The number of carbonyl (C=O) groups excluding carboxylic acids is 1. The van der Waals surface area contributed by atoms with E-state index in [0.717, 1.165) is 16.9 Å². The Morgan fingerprint density at radius 3 is 1.55 bits per heavy atom. The third kappa shape index (κ3) is 7.28. The van der Waals surface area contributed by atoms with Crippen LogP contribution < -0.4 is 16.0 Å². The van der Waals surface area contributed by atoms with Gasteiger partial charge in [0, 0.05) is 16.7 Å². The summed E-state index contributed by atoms with van der Waals surface area (Å²) in [7, 11) is 1.66. The first kappa shape index (κ1) is 26.5. The Labute approximate surface area is 188 Å². The maximum atomic E-state index is 11.1. The molecule has 0 saturated carbocycles. The number of amides is 1. The van der Waals surface area contributed by atoms with Crippen molar-refractivity contribution in [1.29, 1.82) is 0 Å². The number of hydrazine groups is 1. The van der Waals surface area contributed by atoms with Crippen LogP contribution in [0.5, 0.6) is 11.5 Å². The fourth-order valence-corrected chi connectivity index (χ4v) is 3.07. The summed E-state index contributed by atoms with van der Waals surface area (Å²) >= 11 is 0. The molecule has 5 heteroatoms. The first-order valence-electron chi connectivity index (χ1n) is 10.6. The lowest BCUT2D eigenvalue weighted by Gasteiger charge is -2.27. The first-order chi connectivity index (χ1) is 14.0. The Balaban J connectivity index is 0.000000316. The van der Waals surface area contributed by atoms with Crippen LogP contribution in [0.2, 0.25) is 0 Å². The van der Waals surface area contributed by atoms with Crippen LogP contribution in [0.15, 0.2) is 36.4 Å². The maximum Gasteiger partial charge on any atom is 0.265 e. The first-order valence-corrected chi connectivity index (χ1v) is 10.6. The van der Waals surface area contributed by atoms with Crippen LogP contribution in [0.1, 0.15) is 89.4 Å². The minimum atomic E-state index is -0.259. The summed E-state index contributed by atoms with van der Waals surface area (Å²) in [6, 6.07) is 11.3. The molecular formula is C26H40N2O3. The molecule has 0 saturated heterocycles. The van der Waals surface area contributed by atoms with Crippen molar-refractivity contribution >= 4 is 5.91 Å². The number of methoxy groups -OCH3 is 1. The zero-order valence-corrected chi connectivity index (χ0v) is 20.8. The third-order valence-electron chi connectivity index (χ3n) is 5.08. The van der Waals surface area contributed by atoms with Gasteiger partial charge < -0.3 is 9.84 Å². The second kappa shape index (κ2) is 9.73. The van der Waals surface area contributed by atoms with E-state index in [1.807, 2.05) is 24.3 Å². The van der Waals surface area contributed by atoms with Gasteiger partial charge in [-0.15, -0.1) is 0 Å². The Bertz CT molecular complexity index is 846. The number of hydrogen-bond acceptors (Lipinski definition) is 4. The fourth-order valence-electron chi connectivity index (χ4n) is 3.07. The van der Waals surface area contributed by atoms with Gasteiger partial charge in [0.25, 0.3) is 5.91 Å². The largest absolute Gasteiger partial charge is 0.507 e.